The van der Waals surface area contributed by atoms with E-state index in [1.807, 2.05) is 0 Å². The van der Waals surface area contributed by atoms with Crippen LogP contribution in [0.1, 0.15) is 18.5 Å². The average molecular weight is 200 g/mol. The van der Waals surface area contributed by atoms with Crippen LogP contribution in [0.15, 0.2) is 24.3 Å². The Kier molecular flexibility index (Phi) is 3.14. The molecule has 70 valence electrons. The largest absolute Gasteiger partial charge is 0.465 e. The fourth-order valence-electron chi connectivity index (χ4n) is 1.02. The van der Waals surface area contributed by atoms with Gasteiger partial charge in [0.1, 0.15) is 0 Å². The summed E-state index contributed by atoms with van der Waals surface area (Å²) in [6.45, 7) is 1.78. The van der Waals surface area contributed by atoms with E-state index < -0.39 is 6.09 Å². The third kappa shape index (κ3) is 2.95. The van der Waals surface area contributed by atoms with E-state index in [4.69, 9.17) is 16.7 Å². The van der Waals surface area contributed by atoms with Crippen molar-refractivity contribution in [3.63, 3.8) is 0 Å². The van der Waals surface area contributed by atoms with E-state index in [9.17, 15) is 4.79 Å². The van der Waals surface area contributed by atoms with Gasteiger partial charge >= 0.3 is 6.09 Å². The van der Waals surface area contributed by atoms with Crippen molar-refractivity contribution < 1.29 is 9.90 Å². The molecule has 0 aliphatic carbocycles. The molecular weight excluding hydrogens is 190 g/mol. The second-order valence-electron chi connectivity index (χ2n) is 2.72. The van der Waals surface area contributed by atoms with Gasteiger partial charge in [-0.3, -0.25) is 0 Å². The number of halogens is 1. The summed E-state index contributed by atoms with van der Waals surface area (Å²) in [7, 11) is 0. The van der Waals surface area contributed by atoms with Crippen molar-refractivity contribution in [2.45, 2.75) is 13.0 Å². The molecule has 2 N–H and O–H groups in total. The molecular formula is C9H10ClNO2. The summed E-state index contributed by atoms with van der Waals surface area (Å²) in [4.78, 5) is 10.3. The maximum Gasteiger partial charge on any atom is 0.405 e. The van der Waals surface area contributed by atoms with Crippen LogP contribution < -0.4 is 5.32 Å². The topological polar surface area (TPSA) is 49.3 Å². The van der Waals surface area contributed by atoms with Crippen molar-refractivity contribution >= 4 is 17.7 Å². The number of hydrogen-bond acceptors (Lipinski definition) is 1. The smallest absolute Gasteiger partial charge is 0.405 e. The molecule has 1 amide bonds. The normalized spacial score (nSPS) is 12.2. The van der Waals surface area contributed by atoms with Crippen LogP contribution in [0.4, 0.5) is 4.79 Å². The third-order valence-corrected chi connectivity index (χ3v) is 1.96. The first-order valence-corrected chi connectivity index (χ1v) is 4.22. The minimum atomic E-state index is -1.03. The molecule has 3 nitrogen and oxygen atoms in total. The number of nitrogens with one attached hydrogen (secondary N) is 1. The molecule has 0 spiro atoms. The Bertz CT molecular complexity index is 297. The van der Waals surface area contributed by atoms with E-state index in [0.29, 0.717) is 5.02 Å². The highest BCUT2D eigenvalue weighted by Crippen LogP contribution is 2.15. The van der Waals surface area contributed by atoms with Gasteiger partial charge in [-0.25, -0.2) is 4.79 Å². The molecule has 0 heterocycles. The molecule has 0 bridgehead atoms. The molecule has 4 heteroatoms. The summed E-state index contributed by atoms with van der Waals surface area (Å²) in [6, 6.07) is 6.84. The Morgan fingerprint density at radius 1 is 1.46 bits per heavy atom. The summed E-state index contributed by atoms with van der Waals surface area (Å²) in [5.41, 5.74) is 0.895. The van der Waals surface area contributed by atoms with E-state index in [1.165, 1.54) is 0 Å². The summed E-state index contributed by atoms with van der Waals surface area (Å²) in [5, 5.41) is 11.5. The van der Waals surface area contributed by atoms with E-state index in [2.05, 4.69) is 5.32 Å². The molecule has 0 fully saturated rings. The van der Waals surface area contributed by atoms with Crippen LogP contribution in [-0.4, -0.2) is 11.2 Å². The van der Waals surface area contributed by atoms with Crippen molar-refractivity contribution in [2.24, 2.45) is 0 Å². The zero-order chi connectivity index (χ0) is 9.84. The van der Waals surface area contributed by atoms with Crippen LogP contribution in [0, 0.1) is 0 Å². The van der Waals surface area contributed by atoms with Crippen molar-refractivity contribution in [1.82, 2.24) is 5.32 Å². The van der Waals surface area contributed by atoms with Gasteiger partial charge in [0, 0.05) is 5.02 Å². The SMILES string of the molecule is C[C@H](NC(=O)O)c1ccc(Cl)cc1. The Morgan fingerprint density at radius 2 is 2.00 bits per heavy atom. The molecule has 13 heavy (non-hydrogen) atoms. The van der Waals surface area contributed by atoms with Gasteiger partial charge in [0.2, 0.25) is 0 Å². The number of amides is 1. The lowest BCUT2D eigenvalue weighted by atomic mass is 10.1. The molecule has 1 rings (SSSR count). The van der Waals surface area contributed by atoms with Gasteiger partial charge in [0.25, 0.3) is 0 Å². The summed E-state index contributed by atoms with van der Waals surface area (Å²) in [5.74, 6) is 0. The first kappa shape index (κ1) is 9.86. The van der Waals surface area contributed by atoms with Crippen molar-refractivity contribution in [3.8, 4) is 0 Å². The lowest BCUT2D eigenvalue weighted by Crippen LogP contribution is -2.24. The van der Waals surface area contributed by atoms with Crippen LogP contribution in [0.3, 0.4) is 0 Å². The van der Waals surface area contributed by atoms with Gasteiger partial charge in [0.05, 0.1) is 6.04 Å². The maximum absolute atomic E-state index is 10.3. The minimum Gasteiger partial charge on any atom is -0.465 e. The van der Waals surface area contributed by atoms with Gasteiger partial charge in [-0.15, -0.1) is 0 Å². The summed E-state index contributed by atoms with van der Waals surface area (Å²) in [6.07, 6.45) is -1.03. The summed E-state index contributed by atoms with van der Waals surface area (Å²) < 4.78 is 0. The van der Waals surface area contributed by atoms with Crippen molar-refractivity contribution in [1.29, 1.82) is 0 Å². The van der Waals surface area contributed by atoms with Gasteiger partial charge in [0.15, 0.2) is 0 Å². The quantitative estimate of drug-likeness (QED) is 0.770. The molecule has 1 atom stereocenters. The second-order valence-corrected chi connectivity index (χ2v) is 3.16. The monoisotopic (exact) mass is 199 g/mol. The summed E-state index contributed by atoms with van der Waals surface area (Å²) >= 11 is 5.69. The van der Waals surface area contributed by atoms with Crippen molar-refractivity contribution in [3.05, 3.63) is 34.9 Å². The van der Waals surface area contributed by atoms with Crippen LogP contribution in [0.25, 0.3) is 0 Å². The van der Waals surface area contributed by atoms with Gasteiger partial charge in [-0.2, -0.15) is 0 Å². The van der Waals surface area contributed by atoms with E-state index in [0.717, 1.165) is 5.56 Å². The molecule has 0 unspecified atom stereocenters. The highest BCUT2D eigenvalue weighted by molar-refractivity contribution is 6.30. The van der Waals surface area contributed by atoms with Crippen LogP contribution in [0.5, 0.6) is 0 Å². The number of rotatable bonds is 2. The zero-order valence-electron chi connectivity index (χ0n) is 7.12. The van der Waals surface area contributed by atoms with Crippen LogP contribution in [0.2, 0.25) is 5.02 Å². The average Bonchev–Trinajstić information content (AvgIpc) is 2.04. The van der Waals surface area contributed by atoms with Crippen molar-refractivity contribution in [2.75, 3.05) is 0 Å². The first-order valence-electron chi connectivity index (χ1n) is 3.84. The van der Waals surface area contributed by atoms with E-state index in [-0.39, 0.29) is 6.04 Å². The fourth-order valence-corrected chi connectivity index (χ4v) is 1.15. The maximum atomic E-state index is 10.3. The molecule has 0 aliphatic heterocycles. The molecule has 0 saturated heterocycles. The standard InChI is InChI=1S/C9H10ClNO2/c1-6(11-9(12)13)7-2-4-8(10)5-3-7/h2-6,11H,1H3,(H,12,13)/t6-/m0/s1. The van der Waals surface area contributed by atoms with Gasteiger partial charge in [-0.05, 0) is 24.6 Å². The zero-order valence-corrected chi connectivity index (χ0v) is 7.88. The van der Waals surface area contributed by atoms with E-state index >= 15 is 0 Å². The Labute approximate surface area is 81.3 Å². The number of carboxylic acid groups (broad SMARTS) is 1. The van der Waals surface area contributed by atoms with Gasteiger partial charge < -0.3 is 10.4 Å². The molecule has 1 aromatic rings. The Hall–Kier alpha value is -1.22. The highest BCUT2D eigenvalue weighted by Gasteiger charge is 2.06. The van der Waals surface area contributed by atoms with Gasteiger partial charge in [-0.1, -0.05) is 23.7 Å². The lowest BCUT2D eigenvalue weighted by molar-refractivity contribution is 0.191. The minimum absolute atomic E-state index is 0.213. The highest BCUT2D eigenvalue weighted by atomic mass is 35.5. The third-order valence-electron chi connectivity index (χ3n) is 1.71. The van der Waals surface area contributed by atoms with Crippen LogP contribution in [-0.2, 0) is 0 Å². The Balaban J connectivity index is 2.71. The molecule has 0 aliphatic rings. The molecule has 1 aromatic carbocycles. The predicted molar refractivity (Wildman–Crippen MR) is 51.0 cm³/mol. The number of hydrogen-bond donors (Lipinski definition) is 2. The van der Waals surface area contributed by atoms with E-state index in [1.54, 1.807) is 31.2 Å². The number of benzene rings is 1. The molecule has 0 radical (unpaired) electrons. The molecule has 0 aromatic heterocycles. The second kappa shape index (κ2) is 4.14. The molecule has 0 saturated carbocycles. The first-order chi connectivity index (χ1) is 6.09. The Morgan fingerprint density at radius 3 is 2.46 bits per heavy atom. The lowest BCUT2D eigenvalue weighted by Gasteiger charge is -2.11. The predicted octanol–water partition coefficient (Wildman–Crippen LogP) is 2.67. The van der Waals surface area contributed by atoms with Crippen LogP contribution >= 0.6 is 11.6 Å². The number of carbonyl (C=O) groups is 1. The fraction of sp³-hybridized carbons (Fsp3) is 0.222.